The number of carboxylic acid groups (broad SMARTS) is 1. The smallest absolute Gasteiger partial charge is 0.326 e. The van der Waals surface area contributed by atoms with Gasteiger partial charge in [0.1, 0.15) is 11.9 Å². The summed E-state index contributed by atoms with van der Waals surface area (Å²) in [6.45, 7) is 0. The highest BCUT2D eigenvalue weighted by Gasteiger charge is 2.30. The molecule has 15 heavy (non-hydrogen) atoms. The summed E-state index contributed by atoms with van der Waals surface area (Å²) in [5, 5.41) is 11.0. The van der Waals surface area contributed by atoms with Crippen LogP contribution in [0.4, 0.5) is 4.39 Å². The van der Waals surface area contributed by atoms with Gasteiger partial charge < -0.3 is 10.4 Å². The van der Waals surface area contributed by atoms with Gasteiger partial charge in [-0.2, -0.15) is 0 Å². The van der Waals surface area contributed by atoms with Crippen molar-refractivity contribution in [3.63, 3.8) is 0 Å². The highest BCUT2D eigenvalue weighted by Crippen LogP contribution is 2.19. The van der Waals surface area contributed by atoms with E-state index < -0.39 is 23.7 Å². The first-order chi connectivity index (χ1) is 7.09. The third-order valence-electron chi connectivity index (χ3n) is 2.38. The number of carboxylic acids is 1. The maximum atomic E-state index is 13.3. The maximum Gasteiger partial charge on any atom is 0.326 e. The molecule has 78 valence electrons. The Kier molecular flexibility index (Phi) is 2.15. The zero-order valence-corrected chi connectivity index (χ0v) is 7.66. The Labute approximate surface area is 84.7 Å². The summed E-state index contributed by atoms with van der Waals surface area (Å²) < 4.78 is 13.3. The Morgan fingerprint density at radius 1 is 1.53 bits per heavy atom. The highest BCUT2D eigenvalue weighted by molar-refractivity contribution is 5.99. The van der Waals surface area contributed by atoms with Gasteiger partial charge in [0.05, 0.1) is 0 Å². The van der Waals surface area contributed by atoms with Crippen LogP contribution < -0.4 is 5.32 Å². The molecule has 1 aliphatic rings. The van der Waals surface area contributed by atoms with E-state index in [1.165, 1.54) is 18.2 Å². The van der Waals surface area contributed by atoms with Gasteiger partial charge in [-0.3, -0.25) is 4.79 Å². The number of nitrogens with one attached hydrogen (secondary N) is 1. The van der Waals surface area contributed by atoms with Gasteiger partial charge in [-0.05, 0) is 12.1 Å². The normalized spacial score (nSPS) is 19.3. The first kappa shape index (κ1) is 9.64. The second-order valence-corrected chi connectivity index (χ2v) is 3.33. The third-order valence-corrected chi connectivity index (χ3v) is 2.38. The lowest BCUT2D eigenvalue weighted by atomic mass is 9.95. The van der Waals surface area contributed by atoms with Crippen LogP contribution in [0.15, 0.2) is 18.2 Å². The number of hydrogen-bond donors (Lipinski definition) is 2. The van der Waals surface area contributed by atoms with Gasteiger partial charge in [0.2, 0.25) is 0 Å². The number of carbonyl (C=O) groups is 2. The Bertz CT molecular complexity index is 444. The number of aliphatic carboxylic acids is 1. The molecule has 2 rings (SSSR count). The van der Waals surface area contributed by atoms with Crippen molar-refractivity contribution in [2.75, 3.05) is 0 Å². The minimum atomic E-state index is -1.16. The Morgan fingerprint density at radius 3 is 2.93 bits per heavy atom. The van der Waals surface area contributed by atoms with Crippen LogP contribution in [0.2, 0.25) is 0 Å². The van der Waals surface area contributed by atoms with Crippen LogP contribution in [-0.4, -0.2) is 23.0 Å². The van der Waals surface area contributed by atoms with Crippen LogP contribution >= 0.6 is 0 Å². The minimum absolute atomic E-state index is 0.0108. The molecule has 1 aliphatic heterocycles. The summed E-state index contributed by atoms with van der Waals surface area (Å²) >= 11 is 0. The zero-order chi connectivity index (χ0) is 11.0. The summed E-state index contributed by atoms with van der Waals surface area (Å²) in [5.74, 6) is -2.23. The van der Waals surface area contributed by atoms with E-state index in [0.29, 0.717) is 0 Å². The van der Waals surface area contributed by atoms with Crippen LogP contribution in [-0.2, 0) is 11.2 Å². The number of benzene rings is 1. The lowest BCUT2D eigenvalue weighted by Gasteiger charge is -2.22. The molecule has 0 fully saturated rings. The van der Waals surface area contributed by atoms with Gasteiger partial charge in [-0.1, -0.05) is 6.07 Å². The van der Waals surface area contributed by atoms with Crippen LogP contribution in [0, 0.1) is 5.82 Å². The summed E-state index contributed by atoms with van der Waals surface area (Å²) in [6, 6.07) is 3.08. The van der Waals surface area contributed by atoms with E-state index in [1.807, 2.05) is 0 Å². The number of carbonyl (C=O) groups excluding carboxylic acids is 1. The SMILES string of the molecule is O=C1NC(C(=O)O)Cc2c(F)cccc21. The third kappa shape index (κ3) is 1.56. The molecule has 1 aromatic carbocycles. The summed E-state index contributed by atoms with van der Waals surface area (Å²) in [7, 11) is 0. The molecule has 1 amide bonds. The van der Waals surface area contributed by atoms with Crippen LogP contribution in [0.5, 0.6) is 0 Å². The Morgan fingerprint density at radius 2 is 2.27 bits per heavy atom. The van der Waals surface area contributed by atoms with Crippen molar-refractivity contribution in [1.82, 2.24) is 5.32 Å². The maximum absolute atomic E-state index is 13.3. The number of hydrogen-bond acceptors (Lipinski definition) is 2. The molecule has 0 spiro atoms. The number of amides is 1. The largest absolute Gasteiger partial charge is 0.480 e. The Hall–Kier alpha value is -1.91. The molecular formula is C10H8FNO3. The van der Waals surface area contributed by atoms with E-state index in [1.54, 1.807) is 0 Å². The van der Waals surface area contributed by atoms with Gasteiger partial charge in [0, 0.05) is 17.5 Å². The second kappa shape index (κ2) is 3.34. The predicted octanol–water partition coefficient (Wildman–Crippen LogP) is 0.565. The van der Waals surface area contributed by atoms with Crippen molar-refractivity contribution < 1.29 is 19.1 Å². The summed E-state index contributed by atoms with van der Waals surface area (Å²) in [6.07, 6.45) is -0.0108. The number of halogens is 1. The van der Waals surface area contributed by atoms with Gasteiger partial charge >= 0.3 is 5.97 Å². The lowest BCUT2D eigenvalue weighted by molar-refractivity contribution is -0.139. The van der Waals surface area contributed by atoms with E-state index in [-0.39, 0.29) is 17.5 Å². The fraction of sp³-hybridized carbons (Fsp3) is 0.200. The van der Waals surface area contributed by atoms with E-state index in [9.17, 15) is 14.0 Å². The standard InChI is InChI=1S/C10H8FNO3/c11-7-3-1-2-5-6(7)4-8(10(14)15)12-9(5)13/h1-3,8H,4H2,(H,12,13)(H,14,15). The lowest BCUT2D eigenvalue weighted by Crippen LogP contribution is -2.46. The van der Waals surface area contributed by atoms with E-state index in [0.717, 1.165) is 0 Å². The molecule has 0 radical (unpaired) electrons. The molecule has 0 bridgehead atoms. The highest BCUT2D eigenvalue weighted by atomic mass is 19.1. The van der Waals surface area contributed by atoms with Crippen molar-refractivity contribution >= 4 is 11.9 Å². The van der Waals surface area contributed by atoms with Gasteiger partial charge in [0.25, 0.3) is 5.91 Å². The molecule has 0 aromatic heterocycles. The molecule has 4 nitrogen and oxygen atoms in total. The van der Waals surface area contributed by atoms with Crippen LogP contribution in [0.25, 0.3) is 0 Å². The van der Waals surface area contributed by atoms with Crippen LogP contribution in [0.1, 0.15) is 15.9 Å². The molecule has 0 aliphatic carbocycles. The average molecular weight is 209 g/mol. The zero-order valence-electron chi connectivity index (χ0n) is 7.66. The second-order valence-electron chi connectivity index (χ2n) is 3.33. The molecule has 1 atom stereocenters. The molecule has 1 unspecified atom stereocenters. The van der Waals surface area contributed by atoms with Crippen molar-refractivity contribution in [1.29, 1.82) is 0 Å². The van der Waals surface area contributed by atoms with Gasteiger partial charge in [-0.25, -0.2) is 9.18 Å². The van der Waals surface area contributed by atoms with Crippen molar-refractivity contribution in [3.8, 4) is 0 Å². The predicted molar refractivity (Wildman–Crippen MR) is 49.0 cm³/mol. The molecule has 1 heterocycles. The van der Waals surface area contributed by atoms with Crippen molar-refractivity contribution in [2.45, 2.75) is 12.5 Å². The molecule has 0 saturated heterocycles. The molecule has 2 N–H and O–H groups in total. The van der Waals surface area contributed by atoms with Gasteiger partial charge in [-0.15, -0.1) is 0 Å². The molecule has 5 heteroatoms. The fourth-order valence-corrected chi connectivity index (χ4v) is 1.62. The van der Waals surface area contributed by atoms with E-state index >= 15 is 0 Å². The van der Waals surface area contributed by atoms with E-state index in [4.69, 9.17) is 5.11 Å². The van der Waals surface area contributed by atoms with Crippen molar-refractivity contribution in [2.24, 2.45) is 0 Å². The monoisotopic (exact) mass is 209 g/mol. The number of rotatable bonds is 1. The molecular weight excluding hydrogens is 201 g/mol. The molecule has 0 saturated carbocycles. The van der Waals surface area contributed by atoms with E-state index in [2.05, 4.69) is 5.32 Å². The van der Waals surface area contributed by atoms with Gasteiger partial charge in [0.15, 0.2) is 0 Å². The summed E-state index contributed by atoms with van der Waals surface area (Å²) in [5.41, 5.74) is 0.390. The minimum Gasteiger partial charge on any atom is -0.480 e. The first-order valence-corrected chi connectivity index (χ1v) is 4.40. The van der Waals surface area contributed by atoms with Crippen molar-refractivity contribution in [3.05, 3.63) is 35.1 Å². The quantitative estimate of drug-likeness (QED) is 0.710. The first-order valence-electron chi connectivity index (χ1n) is 4.40. The van der Waals surface area contributed by atoms with Crippen LogP contribution in [0.3, 0.4) is 0 Å². The molecule has 1 aromatic rings. The topological polar surface area (TPSA) is 66.4 Å². The number of fused-ring (bicyclic) bond motifs is 1. The summed E-state index contributed by atoms with van der Waals surface area (Å²) in [4.78, 5) is 22.1. The average Bonchev–Trinajstić information content (AvgIpc) is 2.19. The fourth-order valence-electron chi connectivity index (χ4n) is 1.62. The Balaban J connectivity index is 2.46.